The van der Waals surface area contributed by atoms with Crippen LogP contribution < -0.4 is 5.73 Å². The van der Waals surface area contributed by atoms with Crippen molar-refractivity contribution in [1.82, 2.24) is 9.88 Å². The van der Waals surface area contributed by atoms with Crippen LogP contribution in [0.5, 0.6) is 0 Å². The van der Waals surface area contributed by atoms with Gasteiger partial charge in [0.1, 0.15) is 11.4 Å². The van der Waals surface area contributed by atoms with Gasteiger partial charge in [0, 0.05) is 36.3 Å². The summed E-state index contributed by atoms with van der Waals surface area (Å²) >= 11 is 0. The molecule has 4 rings (SSSR count). The number of nitrogens with zero attached hydrogens (tertiary/aromatic N) is 2. The van der Waals surface area contributed by atoms with E-state index < -0.39 is 5.97 Å². The highest BCUT2D eigenvalue weighted by Crippen LogP contribution is 2.42. The predicted molar refractivity (Wildman–Crippen MR) is 98.7 cm³/mol. The van der Waals surface area contributed by atoms with Crippen LogP contribution in [0, 0.1) is 5.41 Å². The second-order valence-corrected chi connectivity index (χ2v) is 7.34. The first-order valence-electron chi connectivity index (χ1n) is 8.77. The summed E-state index contributed by atoms with van der Waals surface area (Å²) in [6, 6.07) is 10.5. The lowest BCUT2D eigenvalue weighted by molar-refractivity contribution is -0.197. The van der Waals surface area contributed by atoms with Crippen molar-refractivity contribution < 1.29 is 14.3 Å². The van der Waals surface area contributed by atoms with E-state index in [-0.39, 0.29) is 11.4 Å². The van der Waals surface area contributed by atoms with Crippen LogP contribution in [0.15, 0.2) is 36.5 Å². The van der Waals surface area contributed by atoms with Gasteiger partial charge in [-0.2, -0.15) is 0 Å². The van der Waals surface area contributed by atoms with Gasteiger partial charge in [-0.05, 0) is 24.1 Å². The van der Waals surface area contributed by atoms with Gasteiger partial charge in [-0.15, -0.1) is 0 Å². The van der Waals surface area contributed by atoms with Crippen molar-refractivity contribution >= 4 is 11.8 Å². The van der Waals surface area contributed by atoms with Crippen molar-refractivity contribution in [1.29, 1.82) is 0 Å². The molecule has 2 aromatic rings. The number of aromatic nitrogens is 1. The molecule has 6 nitrogen and oxygen atoms in total. The predicted octanol–water partition coefficient (Wildman–Crippen LogP) is 2.51. The highest BCUT2D eigenvalue weighted by molar-refractivity contribution is 5.95. The molecule has 1 spiro atoms. The molecule has 0 aliphatic carbocycles. The highest BCUT2D eigenvalue weighted by atomic mass is 16.5. The van der Waals surface area contributed by atoms with Gasteiger partial charge in [0.05, 0.1) is 20.3 Å². The first-order chi connectivity index (χ1) is 12.5. The Balaban J connectivity index is 1.50. The third-order valence-corrected chi connectivity index (χ3v) is 5.49. The molecule has 1 aromatic carbocycles. The molecule has 2 aliphatic heterocycles. The molecular weight excluding hydrogens is 330 g/mol. The van der Waals surface area contributed by atoms with Gasteiger partial charge in [-0.1, -0.05) is 24.3 Å². The molecule has 0 bridgehead atoms. The number of anilines is 1. The number of benzene rings is 1. The fourth-order valence-electron chi connectivity index (χ4n) is 3.73. The fourth-order valence-corrected chi connectivity index (χ4v) is 3.73. The van der Waals surface area contributed by atoms with Crippen LogP contribution in [-0.2, 0) is 9.47 Å². The summed E-state index contributed by atoms with van der Waals surface area (Å²) in [5, 5.41) is 0. The Kier molecular flexibility index (Phi) is 4.17. The topological polar surface area (TPSA) is 77.7 Å². The Bertz CT molecular complexity index is 823. The van der Waals surface area contributed by atoms with Crippen LogP contribution in [0.1, 0.15) is 28.9 Å². The van der Waals surface area contributed by atoms with Crippen LogP contribution in [0.3, 0.4) is 0 Å². The molecule has 0 saturated carbocycles. The smallest absolute Gasteiger partial charge is 0.341 e. The van der Waals surface area contributed by atoms with E-state index in [0.29, 0.717) is 11.5 Å². The number of carbonyl (C=O) groups is 1. The SMILES string of the molecule is COC(=O)c1cc(-c2ccc(C(C)N3CC4(COC4)C3)cc2)cnc1N. The Morgan fingerprint density at radius 3 is 2.54 bits per heavy atom. The number of esters is 1. The number of carbonyl (C=O) groups excluding carboxylic acids is 1. The Hall–Kier alpha value is -2.44. The zero-order chi connectivity index (χ0) is 18.3. The normalized spacial score (nSPS) is 19.5. The molecule has 3 heterocycles. The number of ether oxygens (including phenoxy) is 2. The number of hydrogen-bond acceptors (Lipinski definition) is 6. The molecular formula is C20H23N3O3. The maximum Gasteiger partial charge on any atom is 0.341 e. The second kappa shape index (κ2) is 6.37. The third kappa shape index (κ3) is 2.85. The molecule has 2 saturated heterocycles. The molecule has 0 radical (unpaired) electrons. The molecule has 2 N–H and O–H groups in total. The number of hydrogen-bond donors (Lipinski definition) is 1. The first-order valence-corrected chi connectivity index (χ1v) is 8.77. The Morgan fingerprint density at radius 2 is 1.96 bits per heavy atom. The lowest BCUT2D eigenvalue weighted by Crippen LogP contribution is -2.66. The molecule has 2 aliphatic rings. The summed E-state index contributed by atoms with van der Waals surface area (Å²) in [5.41, 5.74) is 9.60. The molecule has 1 atom stereocenters. The first kappa shape index (κ1) is 17.0. The van der Waals surface area contributed by atoms with Gasteiger partial charge >= 0.3 is 5.97 Å². The molecule has 2 fully saturated rings. The van der Waals surface area contributed by atoms with Gasteiger partial charge in [-0.25, -0.2) is 9.78 Å². The summed E-state index contributed by atoms with van der Waals surface area (Å²) in [4.78, 5) is 18.4. The molecule has 26 heavy (non-hydrogen) atoms. The van der Waals surface area contributed by atoms with Crippen molar-refractivity contribution in [3.63, 3.8) is 0 Å². The average Bonchev–Trinajstić information content (AvgIpc) is 2.59. The zero-order valence-corrected chi connectivity index (χ0v) is 15.1. The van der Waals surface area contributed by atoms with Gasteiger partial charge in [-0.3, -0.25) is 4.90 Å². The van der Waals surface area contributed by atoms with Crippen LogP contribution >= 0.6 is 0 Å². The van der Waals surface area contributed by atoms with Crippen molar-refractivity contribution in [3.05, 3.63) is 47.7 Å². The number of nitrogen functional groups attached to an aromatic ring is 1. The van der Waals surface area contributed by atoms with E-state index in [0.717, 1.165) is 37.4 Å². The monoisotopic (exact) mass is 353 g/mol. The zero-order valence-electron chi connectivity index (χ0n) is 15.1. The summed E-state index contributed by atoms with van der Waals surface area (Å²) in [6.07, 6.45) is 1.68. The number of nitrogens with two attached hydrogens (primary N) is 1. The third-order valence-electron chi connectivity index (χ3n) is 5.49. The summed E-state index contributed by atoms with van der Waals surface area (Å²) in [7, 11) is 1.33. The Labute approximate surface area is 152 Å². The summed E-state index contributed by atoms with van der Waals surface area (Å²) in [6.45, 7) is 6.27. The van der Waals surface area contributed by atoms with E-state index in [1.165, 1.54) is 12.7 Å². The fraction of sp³-hybridized carbons (Fsp3) is 0.400. The van der Waals surface area contributed by atoms with E-state index in [1.54, 1.807) is 12.3 Å². The van der Waals surface area contributed by atoms with E-state index in [9.17, 15) is 4.79 Å². The van der Waals surface area contributed by atoms with Crippen molar-refractivity contribution in [2.75, 3.05) is 39.1 Å². The van der Waals surface area contributed by atoms with E-state index in [1.807, 2.05) is 0 Å². The van der Waals surface area contributed by atoms with Gasteiger partial charge in [0.2, 0.25) is 0 Å². The lowest BCUT2D eigenvalue weighted by atomic mass is 9.76. The number of rotatable bonds is 4. The van der Waals surface area contributed by atoms with Gasteiger partial charge in [0.25, 0.3) is 0 Å². The van der Waals surface area contributed by atoms with Crippen molar-refractivity contribution in [2.24, 2.45) is 5.41 Å². The minimum atomic E-state index is -0.478. The van der Waals surface area contributed by atoms with Crippen molar-refractivity contribution in [3.8, 4) is 11.1 Å². The largest absolute Gasteiger partial charge is 0.465 e. The van der Waals surface area contributed by atoms with Crippen molar-refractivity contribution in [2.45, 2.75) is 13.0 Å². The number of likely N-dealkylation sites (tertiary alicyclic amines) is 1. The molecule has 136 valence electrons. The van der Waals surface area contributed by atoms with Crippen LogP contribution in [-0.4, -0.2) is 49.3 Å². The van der Waals surface area contributed by atoms with Crippen LogP contribution in [0.2, 0.25) is 0 Å². The quantitative estimate of drug-likeness (QED) is 0.851. The maximum atomic E-state index is 11.8. The molecule has 1 unspecified atom stereocenters. The number of pyridine rings is 1. The second-order valence-electron chi connectivity index (χ2n) is 7.34. The average molecular weight is 353 g/mol. The van der Waals surface area contributed by atoms with Gasteiger partial charge in [0.15, 0.2) is 0 Å². The molecule has 1 aromatic heterocycles. The van der Waals surface area contributed by atoms with Gasteiger partial charge < -0.3 is 15.2 Å². The molecule has 0 amide bonds. The molecule has 6 heteroatoms. The van der Waals surface area contributed by atoms with E-state index in [4.69, 9.17) is 15.2 Å². The lowest BCUT2D eigenvalue weighted by Gasteiger charge is -2.57. The minimum Gasteiger partial charge on any atom is -0.465 e. The Morgan fingerprint density at radius 1 is 1.27 bits per heavy atom. The van der Waals surface area contributed by atoms with Crippen LogP contribution in [0.4, 0.5) is 5.82 Å². The number of methoxy groups -OCH3 is 1. The highest BCUT2D eigenvalue weighted by Gasteiger charge is 2.50. The maximum absolute atomic E-state index is 11.8. The van der Waals surface area contributed by atoms with E-state index in [2.05, 4.69) is 41.1 Å². The minimum absolute atomic E-state index is 0.178. The standard InChI is InChI=1S/C20H23N3O3/c1-13(23-9-20(10-23)11-26-12-20)14-3-5-15(6-4-14)16-7-17(19(24)25-2)18(21)22-8-16/h3-8,13H,9-12H2,1-2H3,(H2,21,22). The summed E-state index contributed by atoms with van der Waals surface area (Å²) < 4.78 is 10.1. The van der Waals surface area contributed by atoms with Crippen LogP contribution in [0.25, 0.3) is 11.1 Å². The summed E-state index contributed by atoms with van der Waals surface area (Å²) in [5.74, 6) is -0.300. The van der Waals surface area contributed by atoms with E-state index >= 15 is 0 Å².